The largest absolute Gasteiger partial charge is 0.305 e. The average molecular weight is 731 g/mol. The molecule has 0 atom stereocenters. The molecule has 203 valence electrons. The maximum Gasteiger partial charge on any atom is 0.113 e. The van der Waals surface area contributed by atoms with Crippen LogP contribution in [0.3, 0.4) is 0 Å². The third-order valence-corrected chi connectivity index (χ3v) is 7.63. The van der Waals surface area contributed by atoms with Crippen LogP contribution in [0.1, 0.15) is 72.6 Å². The van der Waals surface area contributed by atoms with Crippen molar-refractivity contribution in [1.82, 2.24) is 15.0 Å². The van der Waals surface area contributed by atoms with Gasteiger partial charge >= 0.3 is 0 Å². The molecule has 0 saturated heterocycles. The Hall–Kier alpha value is -3.24. The van der Waals surface area contributed by atoms with Crippen LogP contribution in [0.4, 0.5) is 0 Å². The summed E-state index contributed by atoms with van der Waals surface area (Å²) in [7, 11) is 0. The molecule has 4 aromatic heterocycles. The Balaban J connectivity index is 0.000000201. The smallest absolute Gasteiger partial charge is 0.113 e. The predicted molar refractivity (Wildman–Crippen MR) is 163 cm³/mol. The third-order valence-electron chi connectivity index (χ3n) is 6.49. The second-order valence-corrected chi connectivity index (χ2v) is 10.1. The summed E-state index contributed by atoms with van der Waals surface area (Å²) in [6.45, 7) is -4.54. The van der Waals surface area contributed by atoms with E-state index in [2.05, 4.69) is 27.1 Å². The van der Waals surface area contributed by atoms with Crippen molar-refractivity contribution in [1.29, 1.82) is 0 Å². The van der Waals surface area contributed by atoms with Gasteiger partial charge in [-0.25, -0.2) is 4.98 Å². The third kappa shape index (κ3) is 6.23. The SMILES string of the molecule is [2H]c1[c-]c(-c2ccc(C([2H])([2H])[2H])cn2)c([2H])c([2H])c1C1([2H])CCCCC1.[2H]c1cc([2H])c([2H])c(-c2[c-]ccc3c2sc2nc(C([2H])([2H])[2H])ccc23)n1.[Ir]. The number of thiophene rings is 1. The number of rotatable bonds is 3. The Labute approximate surface area is 272 Å². The molecule has 40 heavy (non-hydrogen) atoms. The van der Waals surface area contributed by atoms with Crippen LogP contribution < -0.4 is 0 Å². The number of nitrogens with zero attached hydrogens (tertiary/aromatic N) is 3. The molecule has 6 aromatic rings. The first-order valence-corrected chi connectivity index (χ1v) is 13.4. The van der Waals surface area contributed by atoms with Crippen molar-refractivity contribution in [2.45, 2.75) is 51.7 Å². The zero-order valence-electron chi connectivity index (χ0n) is 34.2. The van der Waals surface area contributed by atoms with E-state index in [9.17, 15) is 0 Å². The number of aromatic nitrogens is 3. The Kier molecular flexibility index (Phi) is 5.27. The van der Waals surface area contributed by atoms with Crippen molar-refractivity contribution in [2.24, 2.45) is 0 Å². The Morgan fingerprint density at radius 2 is 1.88 bits per heavy atom. The standard InChI is InChI=1S/C18H20N.C17H11N2S.Ir/c1-14-7-12-18(19-13-14)17-10-8-16(9-11-17)15-5-3-2-4-6-15;1-11-8-9-13-12-5-4-6-14(15-7-2-3-10-18-15)16(12)20-17(13)19-11;/h7-10,12-13,15H,2-6H2,1H3;2-5,7-10H,1H3;/q2*-1;/i1D3,8D,9D,10D,15D;1D3,2D,7D,10D;. The summed E-state index contributed by atoms with van der Waals surface area (Å²) in [5.74, 6) is -1.00. The van der Waals surface area contributed by atoms with Gasteiger partial charge in [-0.3, -0.25) is 0 Å². The molecule has 5 heteroatoms. The number of benzene rings is 2. The Bertz CT molecular complexity index is 2300. The molecule has 0 unspecified atom stereocenters. The zero-order chi connectivity index (χ0) is 37.7. The van der Waals surface area contributed by atoms with Gasteiger partial charge in [0.25, 0.3) is 0 Å². The minimum Gasteiger partial charge on any atom is -0.305 e. The topological polar surface area (TPSA) is 38.7 Å². The van der Waals surface area contributed by atoms with Crippen LogP contribution in [0.2, 0.25) is 0 Å². The molecule has 1 saturated carbocycles. The molecule has 4 heterocycles. The van der Waals surface area contributed by atoms with E-state index in [4.69, 9.17) is 17.8 Å². The van der Waals surface area contributed by atoms with E-state index < -0.39 is 19.6 Å². The summed E-state index contributed by atoms with van der Waals surface area (Å²) in [6.07, 6.45) is 5.13. The van der Waals surface area contributed by atoms with Crippen molar-refractivity contribution >= 4 is 31.6 Å². The second-order valence-electron chi connectivity index (χ2n) is 9.10. The summed E-state index contributed by atoms with van der Waals surface area (Å²) >= 11 is 1.30. The van der Waals surface area contributed by atoms with Crippen molar-refractivity contribution in [3.05, 3.63) is 114 Å². The molecule has 7 rings (SSSR count). The zero-order valence-corrected chi connectivity index (χ0v) is 24.4. The molecule has 1 fully saturated rings. The van der Waals surface area contributed by atoms with Crippen molar-refractivity contribution in [3.8, 4) is 22.5 Å². The molecule has 1 aliphatic rings. The number of fused-ring (bicyclic) bond motifs is 3. The first kappa shape index (κ1) is 16.3. The van der Waals surface area contributed by atoms with Crippen molar-refractivity contribution < 1.29 is 37.9 Å². The van der Waals surface area contributed by atoms with Gasteiger partial charge in [0.2, 0.25) is 0 Å². The molecule has 0 spiro atoms. The van der Waals surface area contributed by atoms with Crippen LogP contribution in [-0.2, 0) is 20.1 Å². The minimum atomic E-state index is -2.28. The fraction of sp³-hybridized carbons (Fsp3) is 0.229. The predicted octanol–water partition coefficient (Wildman–Crippen LogP) is 9.52. The van der Waals surface area contributed by atoms with E-state index in [0.717, 1.165) is 34.7 Å². The maximum absolute atomic E-state index is 8.69. The summed E-state index contributed by atoms with van der Waals surface area (Å²) in [5, 5.41) is 1.67. The molecule has 1 radical (unpaired) electrons. The summed E-state index contributed by atoms with van der Waals surface area (Å²) < 4.78 is 103. The van der Waals surface area contributed by atoms with Gasteiger partial charge in [-0.05, 0) is 54.2 Å². The molecule has 0 amide bonds. The molecule has 1 aliphatic carbocycles. The van der Waals surface area contributed by atoms with Gasteiger partial charge < -0.3 is 9.97 Å². The van der Waals surface area contributed by atoms with Crippen molar-refractivity contribution in [3.63, 3.8) is 0 Å². The first-order valence-electron chi connectivity index (χ1n) is 19.1. The normalized spacial score (nSPS) is 19.6. The van der Waals surface area contributed by atoms with Gasteiger partial charge in [-0.1, -0.05) is 73.7 Å². The molecular weight excluding hydrogens is 687 g/mol. The summed E-state index contributed by atoms with van der Waals surface area (Å²) in [4.78, 5) is 13.1. The quantitative estimate of drug-likeness (QED) is 0.170. The maximum atomic E-state index is 8.69. The number of hydrogen-bond donors (Lipinski definition) is 0. The van der Waals surface area contributed by atoms with Crippen LogP contribution in [-0.4, -0.2) is 15.0 Å². The first-order chi connectivity index (χ1) is 24.4. The second kappa shape index (κ2) is 13.0. The molecule has 3 nitrogen and oxygen atoms in total. The summed E-state index contributed by atoms with van der Waals surface area (Å²) in [6, 6.07) is 16.3. The van der Waals surface area contributed by atoms with E-state index in [-0.39, 0.29) is 84.6 Å². The van der Waals surface area contributed by atoms with Crippen LogP contribution in [0.5, 0.6) is 0 Å². The molecule has 0 bridgehead atoms. The van der Waals surface area contributed by atoms with Gasteiger partial charge in [0.1, 0.15) is 4.83 Å². The monoisotopic (exact) mass is 731 g/mol. The van der Waals surface area contributed by atoms with Gasteiger partial charge in [0, 0.05) is 50.5 Å². The van der Waals surface area contributed by atoms with E-state index >= 15 is 0 Å². The number of aryl methyl sites for hydroxylation is 2. The average Bonchev–Trinajstić information content (AvgIpc) is 3.46. The summed E-state index contributed by atoms with van der Waals surface area (Å²) in [5.41, 5.74) is 1.63. The van der Waals surface area contributed by atoms with Crippen LogP contribution in [0, 0.1) is 25.8 Å². The van der Waals surface area contributed by atoms with Gasteiger partial charge in [0.05, 0.1) is 4.11 Å². The van der Waals surface area contributed by atoms with E-state index in [1.54, 1.807) is 12.1 Å². The Morgan fingerprint density at radius 3 is 2.70 bits per heavy atom. The van der Waals surface area contributed by atoms with Crippen LogP contribution in [0.15, 0.2) is 85.0 Å². The Morgan fingerprint density at radius 1 is 0.950 bits per heavy atom. The number of pyridine rings is 3. The van der Waals surface area contributed by atoms with Gasteiger partial charge in [-0.15, -0.1) is 59.1 Å². The molecule has 0 aliphatic heterocycles. The van der Waals surface area contributed by atoms with E-state index in [1.165, 1.54) is 41.8 Å². The van der Waals surface area contributed by atoms with Gasteiger partial charge in [-0.2, -0.15) is 11.3 Å². The minimum absolute atomic E-state index is 0. The fourth-order valence-electron chi connectivity index (χ4n) is 4.57. The molecule has 2 aromatic carbocycles. The van der Waals surface area contributed by atoms with Crippen molar-refractivity contribution in [2.75, 3.05) is 0 Å². The fourth-order valence-corrected chi connectivity index (χ4v) is 5.74. The number of hydrogen-bond acceptors (Lipinski definition) is 4. The molecular formula is C35H31IrN3S-2. The molecule has 0 N–H and O–H groups in total. The van der Waals surface area contributed by atoms with E-state index in [1.807, 2.05) is 6.07 Å². The van der Waals surface area contributed by atoms with Crippen LogP contribution in [0.25, 0.3) is 42.8 Å². The van der Waals surface area contributed by atoms with Gasteiger partial charge in [0.15, 0.2) is 0 Å². The van der Waals surface area contributed by atoms with E-state index in [0.29, 0.717) is 28.9 Å². The van der Waals surface area contributed by atoms with Crippen LogP contribution >= 0.6 is 11.3 Å².